The zero-order valence-electron chi connectivity index (χ0n) is 18.5. The Morgan fingerprint density at radius 1 is 1.09 bits per heavy atom. The van der Waals surface area contributed by atoms with Crippen LogP contribution in [0.3, 0.4) is 0 Å². The first-order chi connectivity index (χ1) is 16.3. The van der Waals surface area contributed by atoms with Gasteiger partial charge in [0.25, 0.3) is 5.69 Å². The van der Waals surface area contributed by atoms with Crippen LogP contribution in [0.5, 0.6) is 5.75 Å². The topological polar surface area (TPSA) is 102 Å². The number of methoxy groups -OCH3 is 1. The number of carboxylic acid groups (broad SMARTS) is 1. The minimum absolute atomic E-state index is 0.0431. The van der Waals surface area contributed by atoms with E-state index in [-0.39, 0.29) is 17.0 Å². The number of nitrogens with zero attached hydrogens (tertiary/aromatic N) is 2. The minimum Gasteiger partial charge on any atom is -0.494 e. The van der Waals surface area contributed by atoms with Crippen LogP contribution in [0.2, 0.25) is 0 Å². The Bertz CT molecular complexity index is 1230. The lowest BCUT2D eigenvalue weighted by Gasteiger charge is -2.28. The number of halogens is 1. The first-order valence-corrected chi connectivity index (χ1v) is 10.6. The summed E-state index contributed by atoms with van der Waals surface area (Å²) in [6.07, 6.45) is 2.76. The first kappa shape index (κ1) is 23.2. The summed E-state index contributed by atoms with van der Waals surface area (Å²) in [6.45, 7) is 1.48. The number of hydrogen-bond donors (Lipinski definition) is 4. The van der Waals surface area contributed by atoms with Crippen LogP contribution in [0.4, 0.5) is 21.5 Å². The standard InChI is InChI=1S/C25H24FN3O5/c1-34-24-16-19(25(30)31)7-9-22(24)27-29(32,33)23-10-8-18(15-21(23)26)17-11-13-28(14-12-17)20-5-3-2-4-6-20/h2-11,15-16,27,32-33H,12-14H2,1H3/p+1. The highest BCUT2D eigenvalue weighted by atomic mass is 19.1. The largest absolute Gasteiger partial charge is 0.494 e. The van der Waals surface area contributed by atoms with Crippen LogP contribution in [-0.2, 0) is 0 Å². The third kappa shape index (κ3) is 4.86. The van der Waals surface area contributed by atoms with E-state index in [1.807, 2.05) is 36.4 Å². The van der Waals surface area contributed by atoms with E-state index in [2.05, 4.69) is 10.3 Å². The van der Waals surface area contributed by atoms with Gasteiger partial charge in [-0.1, -0.05) is 24.3 Å². The van der Waals surface area contributed by atoms with Gasteiger partial charge in [0, 0.05) is 24.8 Å². The van der Waals surface area contributed by atoms with Crippen molar-refractivity contribution in [2.24, 2.45) is 0 Å². The summed E-state index contributed by atoms with van der Waals surface area (Å²) < 4.78 is 20.1. The molecule has 0 saturated carbocycles. The Balaban J connectivity index is 1.53. The van der Waals surface area contributed by atoms with E-state index in [1.165, 1.54) is 37.4 Å². The predicted octanol–water partition coefficient (Wildman–Crippen LogP) is 4.94. The molecule has 9 heteroatoms. The fourth-order valence-corrected chi connectivity index (χ4v) is 3.91. The second kappa shape index (κ2) is 9.52. The van der Waals surface area contributed by atoms with Crippen molar-refractivity contribution in [1.82, 2.24) is 4.92 Å². The Hall–Kier alpha value is -3.92. The molecule has 34 heavy (non-hydrogen) atoms. The van der Waals surface area contributed by atoms with E-state index in [0.717, 1.165) is 24.2 Å². The molecule has 0 aliphatic carbocycles. The van der Waals surface area contributed by atoms with Gasteiger partial charge in [-0.3, -0.25) is 0 Å². The van der Waals surface area contributed by atoms with Crippen molar-refractivity contribution < 1.29 is 29.4 Å². The van der Waals surface area contributed by atoms with Crippen molar-refractivity contribution in [2.75, 3.05) is 30.5 Å². The maximum absolute atomic E-state index is 15.0. The van der Waals surface area contributed by atoms with E-state index in [1.54, 1.807) is 6.07 Å². The lowest BCUT2D eigenvalue weighted by Crippen LogP contribution is -2.48. The number of anilines is 2. The second-order valence-electron chi connectivity index (χ2n) is 7.86. The number of aromatic carboxylic acids is 1. The molecule has 0 amide bonds. The minimum atomic E-state index is -1.99. The number of rotatable bonds is 7. The Morgan fingerprint density at radius 2 is 1.85 bits per heavy atom. The van der Waals surface area contributed by atoms with Gasteiger partial charge in [-0.25, -0.2) is 4.79 Å². The van der Waals surface area contributed by atoms with Gasteiger partial charge in [0.05, 0.1) is 17.6 Å². The van der Waals surface area contributed by atoms with Crippen LogP contribution in [0.25, 0.3) is 5.57 Å². The van der Waals surface area contributed by atoms with E-state index in [4.69, 9.17) is 9.84 Å². The van der Waals surface area contributed by atoms with Crippen molar-refractivity contribution in [2.45, 2.75) is 6.42 Å². The average Bonchev–Trinajstić information content (AvgIpc) is 2.84. The van der Waals surface area contributed by atoms with Gasteiger partial charge in [0.2, 0.25) is 0 Å². The van der Waals surface area contributed by atoms with Crippen LogP contribution in [-0.4, -0.2) is 41.7 Å². The van der Waals surface area contributed by atoms with Crippen molar-refractivity contribution >= 4 is 28.6 Å². The molecule has 0 saturated heterocycles. The monoisotopic (exact) mass is 466 g/mol. The molecule has 176 valence electrons. The van der Waals surface area contributed by atoms with Crippen LogP contribution in [0.1, 0.15) is 22.3 Å². The lowest BCUT2D eigenvalue weighted by atomic mass is 9.98. The number of para-hydroxylation sites is 1. The molecular formula is C25H25FN3O5+. The number of ether oxygens (including phenoxy) is 1. The summed E-state index contributed by atoms with van der Waals surface area (Å²) in [7, 11) is 1.31. The molecule has 0 aromatic heterocycles. The first-order valence-electron chi connectivity index (χ1n) is 10.6. The Kier molecular flexibility index (Phi) is 6.51. The molecule has 3 aromatic carbocycles. The quantitative estimate of drug-likeness (QED) is 0.289. The van der Waals surface area contributed by atoms with Crippen LogP contribution in [0, 0.1) is 5.82 Å². The molecule has 0 bridgehead atoms. The van der Waals surface area contributed by atoms with E-state index in [9.17, 15) is 19.6 Å². The SMILES string of the molecule is COc1cc(C(=O)O)ccc1N[N+](O)(O)c1ccc(C2=CCN(c3ccccc3)CC2)cc1F. The maximum Gasteiger partial charge on any atom is 0.335 e. The Morgan fingerprint density at radius 3 is 2.47 bits per heavy atom. The second-order valence-corrected chi connectivity index (χ2v) is 7.86. The summed E-state index contributed by atoms with van der Waals surface area (Å²) in [5, 5.41) is 30.2. The number of benzene rings is 3. The number of quaternary nitrogens is 1. The van der Waals surface area contributed by atoms with Crippen molar-refractivity contribution in [3.63, 3.8) is 0 Å². The molecule has 3 aromatic rings. The molecule has 0 fully saturated rings. The molecular weight excluding hydrogens is 441 g/mol. The third-order valence-corrected chi connectivity index (χ3v) is 5.71. The number of nitrogens with one attached hydrogen (secondary N) is 1. The Labute approximate surface area is 195 Å². The van der Waals surface area contributed by atoms with Gasteiger partial charge in [-0.05, 0) is 60.0 Å². The van der Waals surface area contributed by atoms with Gasteiger partial charge < -0.3 is 14.7 Å². The molecule has 0 spiro atoms. The summed E-state index contributed by atoms with van der Waals surface area (Å²) >= 11 is 0. The highest BCUT2D eigenvalue weighted by molar-refractivity contribution is 5.89. The van der Waals surface area contributed by atoms with Crippen molar-refractivity contribution in [3.8, 4) is 5.75 Å². The molecule has 0 unspecified atom stereocenters. The third-order valence-electron chi connectivity index (χ3n) is 5.71. The lowest BCUT2D eigenvalue weighted by molar-refractivity contribution is -0.273. The molecule has 0 radical (unpaired) electrons. The van der Waals surface area contributed by atoms with Gasteiger partial charge in [0.1, 0.15) is 11.4 Å². The molecule has 1 aliphatic heterocycles. The van der Waals surface area contributed by atoms with Gasteiger partial charge in [0.15, 0.2) is 5.82 Å². The molecule has 4 rings (SSSR count). The summed E-state index contributed by atoms with van der Waals surface area (Å²) in [4.78, 5) is 11.4. The van der Waals surface area contributed by atoms with Gasteiger partial charge in [-0.15, -0.1) is 10.4 Å². The van der Waals surface area contributed by atoms with Gasteiger partial charge in [-0.2, -0.15) is 9.82 Å². The highest BCUT2D eigenvalue weighted by Gasteiger charge is 2.33. The van der Waals surface area contributed by atoms with Gasteiger partial charge >= 0.3 is 5.97 Å². The maximum atomic E-state index is 15.0. The van der Waals surface area contributed by atoms with Crippen LogP contribution < -0.4 is 20.0 Å². The summed E-state index contributed by atoms with van der Waals surface area (Å²) in [5.74, 6) is -1.93. The highest BCUT2D eigenvalue weighted by Crippen LogP contribution is 2.33. The summed E-state index contributed by atoms with van der Waals surface area (Å²) in [6, 6.07) is 18.0. The van der Waals surface area contributed by atoms with E-state index >= 15 is 0 Å². The van der Waals surface area contributed by atoms with E-state index in [0.29, 0.717) is 12.1 Å². The fraction of sp³-hybridized carbons (Fsp3) is 0.160. The molecule has 1 heterocycles. The smallest absolute Gasteiger partial charge is 0.335 e. The molecule has 0 atom stereocenters. The predicted molar refractivity (Wildman–Crippen MR) is 127 cm³/mol. The van der Waals surface area contributed by atoms with Crippen molar-refractivity contribution in [1.29, 1.82) is 0 Å². The normalized spacial score (nSPS) is 13.9. The van der Waals surface area contributed by atoms with Crippen LogP contribution in [0.15, 0.2) is 72.8 Å². The van der Waals surface area contributed by atoms with E-state index < -0.39 is 22.4 Å². The zero-order valence-corrected chi connectivity index (χ0v) is 18.5. The number of carbonyl (C=O) groups is 1. The average molecular weight is 466 g/mol. The number of hydrogen-bond acceptors (Lipinski definition) is 6. The molecule has 4 N–H and O–H groups in total. The van der Waals surface area contributed by atoms with Crippen molar-refractivity contribution in [3.05, 3.63) is 89.8 Å². The fourth-order valence-electron chi connectivity index (χ4n) is 3.91. The summed E-state index contributed by atoms with van der Waals surface area (Å²) in [5.41, 5.74) is 4.71. The zero-order chi connectivity index (χ0) is 24.3. The molecule has 1 aliphatic rings. The van der Waals surface area contributed by atoms with Crippen LogP contribution >= 0.6 is 0 Å². The number of carboxylic acids is 1. The molecule has 8 nitrogen and oxygen atoms in total.